The van der Waals surface area contributed by atoms with Crippen molar-refractivity contribution >= 4 is 17.1 Å². The summed E-state index contributed by atoms with van der Waals surface area (Å²) in [5.41, 5.74) is 7.96. The number of aromatic nitrogens is 3. The van der Waals surface area contributed by atoms with E-state index < -0.39 is 0 Å². The number of nitrogens with zero attached hydrogens (tertiary/aromatic N) is 3. The number of pyridine rings is 1. The molecule has 2 aromatic heterocycles. The molecule has 1 aliphatic carbocycles. The van der Waals surface area contributed by atoms with Crippen molar-refractivity contribution in [3.8, 4) is 0 Å². The molecule has 96 valence electrons. The van der Waals surface area contributed by atoms with Crippen LogP contribution in [0.15, 0.2) is 18.3 Å². The zero-order chi connectivity index (χ0) is 12.5. The summed E-state index contributed by atoms with van der Waals surface area (Å²) >= 11 is 0. The van der Waals surface area contributed by atoms with Crippen LogP contribution in [0.5, 0.6) is 0 Å². The van der Waals surface area contributed by atoms with Crippen LogP contribution in [0, 0.1) is 5.92 Å². The van der Waals surface area contributed by atoms with Crippen molar-refractivity contribution in [2.75, 3.05) is 5.73 Å². The second-order valence-corrected chi connectivity index (χ2v) is 5.37. The van der Waals surface area contributed by atoms with Crippen LogP contribution in [0.2, 0.25) is 0 Å². The van der Waals surface area contributed by atoms with E-state index in [2.05, 4.69) is 21.5 Å². The Morgan fingerprint density at radius 2 is 2.11 bits per heavy atom. The van der Waals surface area contributed by atoms with Crippen molar-refractivity contribution in [1.29, 1.82) is 0 Å². The lowest BCUT2D eigenvalue weighted by molar-refractivity contribution is 0.343. The molecular weight excluding hydrogens is 224 g/mol. The Bertz CT molecular complexity index is 546. The predicted molar refractivity (Wildman–Crippen MR) is 73.2 cm³/mol. The smallest absolute Gasteiger partial charge is 0.202 e. The quantitative estimate of drug-likeness (QED) is 0.784. The van der Waals surface area contributed by atoms with Gasteiger partial charge in [0, 0.05) is 12.2 Å². The first-order valence-electron chi connectivity index (χ1n) is 6.86. The highest BCUT2D eigenvalue weighted by Crippen LogP contribution is 2.35. The van der Waals surface area contributed by atoms with Crippen molar-refractivity contribution < 1.29 is 0 Å². The molecule has 0 saturated heterocycles. The molecule has 0 radical (unpaired) electrons. The number of nitrogens with two attached hydrogens (primary N) is 1. The molecule has 4 heteroatoms. The molecule has 0 spiro atoms. The highest BCUT2D eigenvalue weighted by Gasteiger charge is 2.25. The van der Waals surface area contributed by atoms with Gasteiger partial charge in [0.1, 0.15) is 5.52 Å². The summed E-state index contributed by atoms with van der Waals surface area (Å²) in [7, 11) is 0. The molecule has 3 rings (SSSR count). The molecule has 0 aromatic carbocycles. The Labute approximate surface area is 107 Å². The number of fused-ring (bicyclic) bond motifs is 1. The molecule has 1 aliphatic rings. The standard InChI is InChI=1S/C14H20N4/c1-10-6-3-2-4-8-12(10)18-13-11(17-14(18)15)7-5-9-16-13/h5,7,9-10,12H,2-4,6,8H2,1H3,(H2,15,17). The van der Waals surface area contributed by atoms with Gasteiger partial charge in [-0.25, -0.2) is 9.97 Å². The third kappa shape index (κ3) is 1.85. The highest BCUT2D eigenvalue weighted by molar-refractivity contribution is 5.74. The molecule has 4 nitrogen and oxygen atoms in total. The van der Waals surface area contributed by atoms with E-state index in [0.29, 0.717) is 17.9 Å². The zero-order valence-corrected chi connectivity index (χ0v) is 10.8. The van der Waals surface area contributed by atoms with Gasteiger partial charge in [-0.3, -0.25) is 4.57 Å². The summed E-state index contributed by atoms with van der Waals surface area (Å²) in [5.74, 6) is 1.26. The second-order valence-electron chi connectivity index (χ2n) is 5.37. The Balaban J connectivity index is 2.09. The topological polar surface area (TPSA) is 56.7 Å². The monoisotopic (exact) mass is 244 g/mol. The van der Waals surface area contributed by atoms with Gasteiger partial charge in [-0.15, -0.1) is 0 Å². The Hall–Kier alpha value is -1.58. The fourth-order valence-electron chi connectivity index (χ4n) is 3.13. The Kier molecular flexibility index (Phi) is 2.94. The largest absolute Gasteiger partial charge is 0.369 e. The zero-order valence-electron chi connectivity index (χ0n) is 10.8. The van der Waals surface area contributed by atoms with E-state index in [1.165, 1.54) is 32.1 Å². The minimum Gasteiger partial charge on any atom is -0.369 e. The van der Waals surface area contributed by atoms with Crippen LogP contribution in [-0.4, -0.2) is 14.5 Å². The number of nitrogen functional groups attached to an aromatic ring is 1. The summed E-state index contributed by atoms with van der Waals surface area (Å²) < 4.78 is 2.16. The van der Waals surface area contributed by atoms with E-state index in [9.17, 15) is 0 Å². The lowest BCUT2D eigenvalue weighted by Crippen LogP contribution is -2.18. The van der Waals surface area contributed by atoms with Crippen LogP contribution in [0.1, 0.15) is 45.1 Å². The fraction of sp³-hybridized carbons (Fsp3) is 0.571. The van der Waals surface area contributed by atoms with Gasteiger partial charge in [-0.05, 0) is 30.9 Å². The van der Waals surface area contributed by atoms with Crippen LogP contribution in [0.3, 0.4) is 0 Å². The van der Waals surface area contributed by atoms with Crippen molar-refractivity contribution in [3.63, 3.8) is 0 Å². The molecule has 2 unspecified atom stereocenters. The Morgan fingerprint density at radius 1 is 1.28 bits per heavy atom. The molecule has 2 heterocycles. The van der Waals surface area contributed by atoms with Gasteiger partial charge in [-0.2, -0.15) is 0 Å². The van der Waals surface area contributed by atoms with Crippen molar-refractivity contribution in [1.82, 2.24) is 14.5 Å². The molecule has 0 amide bonds. The van der Waals surface area contributed by atoms with Crippen LogP contribution in [0.25, 0.3) is 11.2 Å². The van der Waals surface area contributed by atoms with E-state index in [4.69, 9.17) is 5.73 Å². The van der Waals surface area contributed by atoms with Gasteiger partial charge < -0.3 is 5.73 Å². The fourth-order valence-corrected chi connectivity index (χ4v) is 3.13. The van der Waals surface area contributed by atoms with Crippen molar-refractivity contribution in [2.45, 2.75) is 45.1 Å². The van der Waals surface area contributed by atoms with E-state index in [1.54, 1.807) is 0 Å². The third-order valence-corrected chi connectivity index (χ3v) is 4.12. The lowest BCUT2D eigenvalue weighted by Gasteiger charge is -2.24. The maximum absolute atomic E-state index is 6.11. The average molecular weight is 244 g/mol. The van der Waals surface area contributed by atoms with Crippen LogP contribution >= 0.6 is 0 Å². The molecule has 0 bridgehead atoms. The first-order valence-corrected chi connectivity index (χ1v) is 6.86. The number of anilines is 1. The average Bonchev–Trinajstić information content (AvgIpc) is 2.55. The van der Waals surface area contributed by atoms with E-state index in [1.807, 2.05) is 18.3 Å². The molecule has 2 N–H and O–H groups in total. The number of rotatable bonds is 1. The number of hydrogen-bond donors (Lipinski definition) is 1. The maximum Gasteiger partial charge on any atom is 0.202 e. The van der Waals surface area contributed by atoms with Crippen molar-refractivity contribution in [3.05, 3.63) is 18.3 Å². The van der Waals surface area contributed by atoms with Gasteiger partial charge in [0.2, 0.25) is 5.95 Å². The SMILES string of the molecule is CC1CCCCCC1n1c(N)nc2cccnc21. The second kappa shape index (κ2) is 4.59. The van der Waals surface area contributed by atoms with Gasteiger partial charge in [0.15, 0.2) is 5.65 Å². The van der Waals surface area contributed by atoms with E-state index in [0.717, 1.165) is 11.2 Å². The Morgan fingerprint density at radius 3 is 3.00 bits per heavy atom. The van der Waals surface area contributed by atoms with Gasteiger partial charge in [0.05, 0.1) is 0 Å². The summed E-state index contributed by atoms with van der Waals surface area (Å²) in [6.45, 7) is 2.32. The van der Waals surface area contributed by atoms with E-state index >= 15 is 0 Å². The predicted octanol–water partition coefficient (Wildman–Crippen LogP) is 3.15. The first kappa shape index (κ1) is 11.5. The molecule has 1 saturated carbocycles. The van der Waals surface area contributed by atoms with E-state index in [-0.39, 0.29) is 0 Å². The lowest BCUT2D eigenvalue weighted by atomic mass is 9.97. The van der Waals surface area contributed by atoms with Crippen molar-refractivity contribution in [2.24, 2.45) is 5.92 Å². The summed E-state index contributed by atoms with van der Waals surface area (Å²) in [5, 5.41) is 0. The molecule has 0 aliphatic heterocycles. The maximum atomic E-state index is 6.11. The van der Waals surface area contributed by atoms with Gasteiger partial charge in [0.25, 0.3) is 0 Å². The number of imidazole rings is 1. The first-order chi connectivity index (χ1) is 8.77. The molecule has 2 atom stereocenters. The molecule has 1 fully saturated rings. The summed E-state index contributed by atoms with van der Waals surface area (Å²) in [6, 6.07) is 4.35. The summed E-state index contributed by atoms with van der Waals surface area (Å²) in [6.07, 6.45) is 8.23. The molecule has 2 aromatic rings. The highest BCUT2D eigenvalue weighted by atomic mass is 15.2. The van der Waals surface area contributed by atoms with Gasteiger partial charge >= 0.3 is 0 Å². The van der Waals surface area contributed by atoms with Crippen LogP contribution in [-0.2, 0) is 0 Å². The van der Waals surface area contributed by atoms with Crippen LogP contribution < -0.4 is 5.73 Å². The van der Waals surface area contributed by atoms with Gasteiger partial charge in [-0.1, -0.05) is 26.2 Å². The molecular formula is C14H20N4. The van der Waals surface area contributed by atoms with Crippen LogP contribution in [0.4, 0.5) is 5.95 Å². The number of hydrogen-bond acceptors (Lipinski definition) is 3. The normalized spacial score (nSPS) is 25.2. The minimum atomic E-state index is 0.451. The molecule has 18 heavy (non-hydrogen) atoms. The minimum absolute atomic E-state index is 0.451. The summed E-state index contributed by atoms with van der Waals surface area (Å²) in [4.78, 5) is 8.89. The third-order valence-electron chi connectivity index (χ3n) is 4.12.